The fourth-order valence-electron chi connectivity index (χ4n) is 3.82. The van der Waals surface area contributed by atoms with E-state index in [1.807, 2.05) is 73.6 Å². The minimum absolute atomic E-state index is 0.253. The van der Waals surface area contributed by atoms with Gasteiger partial charge in [0.1, 0.15) is 5.70 Å². The van der Waals surface area contributed by atoms with Crippen LogP contribution in [0.25, 0.3) is 5.57 Å². The van der Waals surface area contributed by atoms with E-state index < -0.39 is 0 Å². The summed E-state index contributed by atoms with van der Waals surface area (Å²) in [6.45, 7) is 4.01. The third-order valence-electron chi connectivity index (χ3n) is 5.63. The Labute approximate surface area is 182 Å². The SMILES string of the molecule is CN(C)c1ccc(NC2=C(c3ccccc3)C(=O)N(CCN3CCOCC3)C2=O)cc1. The zero-order chi connectivity index (χ0) is 21.8. The number of carbonyl (C=O) groups excluding carboxylic acids is 2. The van der Waals surface area contributed by atoms with Gasteiger partial charge in [-0.3, -0.25) is 19.4 Å². The predicted molar refractivity (Wildman–Crippen MR) is 122 cm³/mol. The lowest BCUT2D eigenvalue weighted by molar-refractivity contribution is -0.137. The van der Waals surface area contributed by atoms with E-state index in [-0.39, 0.29) is 11.8 Å². The molecule has 2 aromatic rings. The molecule has 2 amide bonds. The van der Waals surface area contributed by atoms with Crippen molar-refractivity contribution in [2.45, 2.75) is 0 Å². The molecule has 2 aliphatic heterocycles. The van der Waals surface area contributed by atoms with Crippen molar-refractivity contribution in [3.63, 3.8) is 0 Å². The summed E-state index contributed by atoms with van der Waals surface area (Å²) in [6.07, 6.45) is 0. The zero-order valence-electron chi connectivity index (χ0n) is 18.0. The first kappa shape index (κ1) is 21.1. The Morgan fingerprint density at radius 3 is 2.23 bits per heavy atom. The molecule has 31 heavy (non-hydrogen) atoms. The second-order valence-corrected chi connectivity index (χ2v) is 7.90. The van der Waals surface area contributed by atoms with Crippen molar-refractivity contribution in [3.05, 3.63) is 65.9 Å². The third kappa shape index (κ3) is 4.62. The number of hydrogen-bond acceptors (Lipinski definition) is 6. The van der Waals surface area contributed by atoms with Gasteiger partial charge in [0.15, 0.2) is 0 Å². The molecule has 1 N–H and O–H groups in total. The van der Waals surface area contributed by atoms with E-state index in [2.05, 4.69) is 10.2 Å². The van der Waals surface area contributed by atoms with Crippen LogP contribution < -0.4 is 10.2 Å². The summed E-state index contributed by atoms with van der Waals surface area (Å²) in [5, 5.41) is 3.22. The van der Waals surface area contributed by atoms with Crippen LogP contribution in [0.5, 0.6) is 0 Å². The Morgan fingerprint density at radius 2 is 1.58 bits per heavy atom. The molecule has 0 saturated carbocycles. The van der Waals surface area contributed by atoms with Crippen molar-refractivity contribution in [1.82, 2.24) is 9.80 Å². The molecule has 1 fully saturated rings. The molecule has 2 aliphatic rings. The van der Waals surface area contributed by atoms with Gasteiger partial charge >= 0.3 is 0 Å². The Balaban J connectivity index is 1.59. The molecule has 0 aliphatic carbocycles. The maximum absolute atomic E-state index is 13.3. The van der Waals surface area contributed by atoms with E-state index in [0.29, 0.717) is 37.6 Å². The smallest absolute Gasteiger partial charge is 0.278 e. The minimum Gasteiger partial charge on any atom is -0.379 e. The van der Waals surface area contributed by atoms with Crippen LogP contribution >= 0.6 is 0 Å². The van der Waals surface area contributed by atoms with Crippen LogP contribution in [0.15, 0.2) is 60.3 Å². The highest BCUT2D eigenvalue weighted by atomic mass is 16.5. The van der Waals surface area contributed by atoms with Gasteiger partial charge in [-0.1, -0.05) is 30.3 Å². The third-order valence-corrected chi connectivity index (χ3v) is 5.63. The number of benzene rings is 2. The average Bonchev–Trinajstić information content (AvgIpc) is 3.03. The lowest BCUT2D eigenvalue weighted by Crippen LogP contribution is -2.43. The zero-order valence-corrected chi connectivity index (χ0v) is 18.0. The summed E-state index contributed by atoms with van der Waals surface area (Å²) in [5.74, 6) is -0.536. The van der Waals surface area contributed by atoms with Gasteiger partial charge in [-0.05, 0) is 29.8 Å². The van der Waals surface area contributed by atoms with Crippen LogP contribution in [0.1, 0.15) is 5.56 Å². The molecular weight excluding hydrogens is 392 g/mol. The van der Waals surface area contributed by atoms with Crippen LogP contribution in [0.4, 0.5) is 11.4 Å². The number of carbonyl (C=O) groups is 2. The summed E-state index contributed by atoms with van der Waals surface area (Å²) < 4.78 is 5.38. The Morgan fingerprint density at radius 1 is 0.903 bits per heavy atom. The molecule has 0 bridgehead atoms. The lowest BCUT2D eigenvalue weighted by Gasteiger charge is -2.28. The molecular formula is C24H28N4O3. The Kier molecular flexibility index (Phi) is 6.34. The van der Waals surface area contributed by atoms with Gasteiger partial charge in [0.25, 0.3) is 11.8 Å². The first-order valence-corrected chi connectivity index (χ1v) is 10.5. The fourth-order valence-corrected chi connectivity index (χ4v) is 3.82. The minimum atomic E-state index is -0.284. The summed E-state index contributed by atoms with van der Waals surface area (Å²) in [4.78, 5) is 32.2. The van der Waals surface area contributed by atoms with Crippen LogP contribution in [-0.2, 0) is 14.3 Å². The van der Waals surface area contributed by atoms with E-state index in [1.54, 1.807) is 0 Å². The highest BCUT2D eigenvalue weighted by Crippen LogP contribution is 2.30. The summed E-state index contributed by atoms with van der Waals surface area (Å²) in [7, 11) is 3.95. The maximum atomic E-state index is 13.3. The van der Waals surface area contributed by atoms with Crippen molar-refractivity contribution in [2.75, 3.05) is 63.7 Å². The van der Waals surface area contributed by atoms with Gasteiger partial charge in [0.2, 0.25) is 0 Å². The number of hydrogen-bond donors (Lipinski definition) is 1. The second kappa shape index (κ2) is 9.32. The maximum Gasteiger partial charge on any atom is 0.278 e. The number of anilines is 2. The summed E-state index contributed by atoms with van der Waals surface area (Å²) in [6, 6.07) is 17.2. The highest BCUT2D eigenvalue weighted by molar-refractivity contribution is 6.36. The number of rotatable bonds is 7. The average molecular weight is 421 g/mol. The van der Waals surface area contributed by atoms with Gasteiger partial charge in [0, 0.05) is 51.6 Å². The predicted octanol–water partition coefficient (Wildman–Crippen LogP) is 2.28. The van der Waals surface area contributed by atoms with E-state index in [9.17, 15) is 9.59 Å². The fraction of sp³-hybridized carbons (Fsp3) is 0.333. The molecule has 0 radical (unpaired) electrons. The van der Waals surface area contributed by atoms with Gasteiger partial charge in [-0.15, -0.1) is 0 Å². The highest BCUT2D eigenvalue weighted by Gasteiger charge is 2.39. The molecule has 7 heteroatoms. The number of nitrogens with zero attached hydrogens (tertiary/aromatic N) is 3. The number of imide groups is 1. The Bertz CT molecular complexity index is 964. The molecule has 4 rings (SSSR count). The molecule has 0 aromatic heterocycles. The first-order chi connectivity index (χ1) is 15.0. The lowest BCUT2D eigenvalue weighted by atomic mass is 10.0. The molecule has 2 heterocycles. The van der Waals surface area contributed by atoms with Crippen LogP contribution in [0, 0.1) is 0 Å². The van der Waals surface area contributed by atoms with Crippen molar-refractivity contribution in [2.24, 2.45) is 0 Å². The van der Waals surface area contributed by atoms with E-state index in [1.165, 1.54) is 4.90 Å². The van der Waals surface area contributed by atoms with Gasteiger partial charge in [-0.25, -0.2) is 0 Å². The second-order valence-electron chi connectivity index (χ2n) is 7.90. The molecule has 0 atom stereocenters. The van der Waals surface area contributed by atoms with Crippen molar-refractivity contribution in [1.29, 1.82) is 0 Å². The van der Waals surface area contributed by atoms with Crippen molar-refractivity contribution in [3.8, 4) is 0 Å². The molecule has 162 valence electrons. The van der Waals surface area contributed by atoms with Crippen molar-refractivity contribution < 1.29 is 14.3 Å². The molecule has 0 spiro atoms. The van der Waals surface area contributed by atoms with Gasteiger partial charge in [0.05, 0.1) is 18.8 Å². The van der Waals surface area contributed by atoms with E-state index >= 15 is 0 Å². The van der Waals surface area contributed by atoms with Crippen LogP contribution in [0.3, 0.4) is 0 Å². The largest absolute Gasteiger partial charge is 0.379 e. The van der Waals surface area contributed by atoms with Crippen LogP contribution in [0.2, 0.25) is 0 Å². The summed E-state index contributed by atoms with van der Waals surface area (Å²) >= 11 is 0. The van der Waals surface area contributed by atoms with Crippen LogP contribution in [-0.4, -0.2) is 75.1 Å². The quantitative estimate of drug-likeness (QED) is 0.694. The molecule has 2 aromatic carbocycles. The molecule has 1 saturated heterocycles. The van der Waals surface area contributed by atoms with Gasteiger partial charge < -0.3 is 15.0 Å². The number of morpholine rings is 1. The number of ether oxygens (including phenoxy) is 1. The summed E-state index contributed by atoms with van der Waals surface area (Å²) in [5.41, 5.74) is 3.32. The van der Waals surface area contributed by atoms with Gasteiger partial charge in [-0.2, -0.15) is 0 Å². The number of nitrogens with one attached hydrogen (secondary N) is 1. The van der Waals surface area contributed by atoms with E-state index in [4.69, 9.17) is 4.74 Å². The molecule has 7 nitrogen and oxygen atoms in total. The molecule has 0 unspecified atom stereocenters. The Hall–Kier alpha value is -3.16. The van der Waals surface area contributed by atoms with E-state index in [0.717, 1.165) is 30.0 Å². The first-order valence-electron chi connectivity index (χ1n) is 10.5. The van der Waals surface area contributed by atoms with Crippen molar-refractivity contribution >= 4 is 28.8 Å². The topological polar surface area (TPSA) is 65.1 Å². The standard InChI is InChI=1S/C24H28N4O3/c1-26(2)20-10-8-19(9-11-20)25-22-21(18-6-4-3-5-7-18)23(29)28(24(22)30)13-12-27-14-16-31-17-15-27/h3-11,25H,12-17H2,1-2H3. The monoisotopic (exact) mass is 420 g/mol. The number of amides is 2. The normalized spacial score (nSPS) is 17.4.